The van der Waals surface area contributed by atoms with E-state index in [1.807, 2.05) is 12.1 Å². The van der Waals surface area contributed by atoms with Crippen molar-refractivity contribution < 1.29 is 4.39 Å². The highest BCUT2D eigenvalue weighted by molar-refractivity contribution is 5.47. The molecule has 1 fully saturated rings. The minimum atomic E-state index is -0.142. The van der Waals surface area contributed by atoms with E-state index in [9.17, 15) is 4.39 Å². The minimum Gasteiger partial charge on any atom is -0.369 e. The van der Waals surface area contributed by atoms with Gasteiger partial charge in [0.05, 0.1) is 5.69 Å². The summed E-state index contributed by atoms with van der Waals surface area (Å²) in [4.78, 5) is 2.07. The molecule has 0 aromatic heterocycles. The molecule has 3 nitrogen and oxygen atoms in total. The van der Waals surface area contributed by atoms with E-state index in [2.05, 4.69) is 10.3 Å². The van der Waals surface area contributed by atoms with Gasteiger partial charge in [0.2, 0.25) is 0 Å². The zero-order chi connectivity index (χ0) is 10.7. The third-order valence-corrected chi connectivity index (χ3v) is 2.92. The molecule has 2 rings (SSSR count). The average molecular weight is 209 g/mol. The van der Waals surface area contributed by atoms with E-state index >= 15 is 0 Å². The van der Waals surface area contributed by atoms with Crippen molar-refractivity contribution in [3.8, 4) is 0 Å². The van der Waals surface area contributed by atoms with Crippen molar-refractivity contribution in [1.82, 2.24) is 5.43 Å². The molecule has 82 valence electrons. The molecule has 1 aromatic carbocycles. The molecule has 0 bridgehead atoms. The first-order chi connectivity index (χ1) is 7.31. The van der Waals surface area contributed by atoms with Gasteiger partial charge in [-0.1, -0.05) is 12.1 Å². The van der Waals surface area contributed by atoms with Gasteiger partial charge in [-0.15, -0.1) is 0 Å². The number of hydrazine groups is 1. The van der Waals surface area contributed by atoms with Crippen LogP contribution in [0, 0.1) is 5.82 Å². The number of anilines is 1. The molecule has 0 spiro atoms. The van der Waals surface area contributed by atoms with Crippen LogP contribution in [-0.4, -0.2) is 19.1 Å². The van der Waals surface area contributed by atoms with Crippen LogP contribution in [0.1, 0.15) is 12.8 Å². The lowest BCUT2D eigenvalue weighted by molar-refractivity contribution is 0.420. The van der Waals surface area contributed by atoms with Gasteiger partial charge in [0.25, 0.3) is 0 Å². The van der Waals surface area contributed by atoms with Crippen molar-refractivity contribution >= 4 is 5.69 Å². The van der Waals surface area contributed by atoms with Crippen LogP contribution in [-0.2, 0) is 0 Å². The molecular weight excluding hydrogens is 193 g/mol. The van der Waals surface area contributed by atoms with Gasteiger partial charge in [-0.05, 0) is 25.0 Å². The third-order valence-electron chi connectivity index (χ3n) is 2.92. The summed E-state index contributed by atoms with van der Waals surface area (Å²) in [6.07, 6.45) is 1.93. The first-order valence-electron chi connectivity index (χ1n) is 5.27. The molecule has 0 amide bonds. The number of halogens is 1. The number of hydrogen-bond donors (Lipinski definition) is 2. The first-order valence-corrected chi connectivity index (χ1v) is 5.27. The van der Waals surface area contributed by atoms with E-state index in [-0.39, 0.29) is 5.82 Å². The van der Waals surface area contributed by atoms with Gasteiger partial charge in [0, 0.05) is 19.1 Å². The van der Waals surface area contributed by atoms with Gasteiger partial charge < -0.3 is 4.90 Å². The topological polar surface area (TPSA) is 41.3 Å². The largest absolute Gasteiger partial charge is 0.369 e. The fourth-order valence-corrected chi connectivity index (χ4v) is 2.00. The molecule has 0 aliphatic carbocycles. The second-order valence-electron chi connectivity index (χ2n) is 3.88. The number of para-hydroxylation sites is 1. The van der Waals surface area contributed by atoms with Crippen molar-refractivity contribution in [2.75, 3.05) is 18.0 Å². The van der Waals surface area contributed by atoms with Crippen molar-refractivity contribution in [2.24, 2.45) is 5.84 Å². The van der Waals surface area contributed by atoms with E-state index in [4.69, 9.17) is 5.84 Å². The van der Waals surface area contributed by atoms with Crippen LogP contribution in [0.5, 0.6) is 0 Å². The zero-order valence-corrected chi connectivity index (χ0v) is 8.62. The number of nitrogens with two attached hydrogens (primary N) is 1. The summed E-state index contributed by atoms with van der Waals surface area (Å²) in [7, 11) is 0. The fraction of sp³-hybridized carbons (Fsp3) is 0.455. The van der Waals surface area contributed by atoms with Gasteiger partial charge in [-0.3, -0.25) is 11.3 Å². The van der Waals surface area contributed by atoms with Crippen molar-refractivity contribution in [3.05, 3.63) is 30.1 Å². The molecule has 1 aromatic rings. The standard InChI is InChI=1S/C11H16FN3/c12-10-3-1-2-4-11(10)15-7-5-9(14-13)6-8-15/h1-4,9,14H,5-8,13H2. The Labute approximate surface area is 89.0 Å². The van der Waals surface area contributed by atoms with Gasteiger partial charge >= 0.3 is 0 Å². The quantitative estimate of drug-likeness (QED) is 0.569. The minimum absolute atomic E-state index is 0.142. The predicted octanol–water partition coefficient (Wildman–Crippen LogP) is 1.26. The Balaban J connectivity index is 2.04. The first kappa shape index (κ1) is 10.4. The summed E-state index contributed by atoms with van der Waals surface area (Å²) >= 11 is 0. The van der Waals surface area contributed by atoms with Gasteiger partial charge in [-0.2, -0.15) is 0 Å². The number of nitrogens with zero attached hydrogens (tertiary/aromatic N) is 1. The Morgan fingerprint density at radius 3 is 2.53 bits per heavy atom. The summed E-state index contributed by atoms with van der Waals surface area (Å²) in [6, 6.07) is 7.28. The van der Waals surface area contributed by atoms with E-state index < -0.39 is 0 Å². The van der Waals surface area contributed by atoms with Crippen LogP contribution in [0.25, 0.3) is 0 Å². The molecule has 3 N–H and O–H groups in total. The summed E-state index contributed by atoms with van der Waals surface area (Å²) in [5.41, 5.74) is 3.47. The van der Waals surface area contributed by atoms with Crippen LogP contribution >= 0.6 is 0 Å². The summed E-state index contributed by atoms with van der Waals surface area (Å²) in [6.45, 7) is 1.71. The van der Waals surface area contributed by atoms with Crippen molar-refractivity contribution in [3.63, 3.8) is 0 Å². The lowest BCUT2D eigenvalue weighted by atomic mass is 10.1. The Hall–Kier alpha value is -1.13. The Morgan fingerprint density at radius 2 is 1.93 bits per heavy atom. The Kier molecular flexibility index (Phi) is 3.18. The number of nitrogens with one attached hydrogen (secondary N) is 1. The van der Waals surface area contributed by atoms with Crippen LogP contribution in [0.3, 0.4) is 0 Å². The number of hydrogen-bond acceptors (Lipinski definition) is 3. The highest BCUT2D eigenvalue weighted by atomic mass is 19.1. The van der Waals surface area contributed by atoms with Crippen molar-refractivity contribution in [1.29, 1.82) is 0 Å². The van der Waals surface area contributed by atoms with Gasteiger partial charge in [0.1, 0.15) is 5.82 Å². The fourth-order valence-electron chi connectivity index (χ4n) is 2.00. The maximum atomic E-state index is 13.5. The zero-order valence-electron chi connectivity index (χ0n) is 8.62. The highest BCUT2D eigenvalue weighted by Crippen LogP contribution is 2.22. The second-order valence-corrected chi connectivity index (χ2v) is 3.88. The van der Waals surface area contributed by atoms with E-state index in [0.29, 0.717) is 11.7 Å². The average Bonchev–Trinajstić information content (AvgIpc) is 2.30. The number of rotatable bonds is 2. The van der Waals surface area contributed by atoms with Crippen LogP contribution in [0.15, 0.2) is 24.3 Å². The molecule has 0 saturated carbocycles. The number of piperidine rings is 1. The molecular formula is C11H16FN3. The lowest BCUT2D eigenvalue weighted by Crippen LogP contribution is -2.45. The maximum absolute atomic E-state index is 13.5. The van der Waals surface area contributed by atoms with E-state index in [1.54, 1.807) is 6.07 Å². The monoisotopic (exact) mass is 209 g/mol. The highest BCUT2D eigenvalue weighted by Gasteiger charge is 2.19. The molecule has 1 aliphatic rings. The molecule has 1 heterocycles. The smallest absolute Gasteiger partial charge is 0.146 e. The van der Waals surface area contributed by atoms with Crippen LogP contribution in [0.2, 0.25) is 0 Å². The second kappa shape index (κ2) is 4.59. The summed E-state index contributed by atoms with van der Waals surface area (Å²) in [5, 5.41) is 0. The van der Waals surface area contributed by atoms with E-state index in [0.717, 1.165) is 25.9 Å². The Bertz CT molecular complexity index is 321. The molecule has 0 atom stereocenters. The molecule has 4 heteroatoms. The predicted molar refractivity (Wildman–Crippen MR) is 59.0 cm³/mol. The molecule has 1 aliphatic heterocycles. The normalized spacial score (nSPS) is 18.1. The SMILES string of the molecule is NNC1CCN(c2ccccc2F)CC1. The molecule has 15 heavy (non-hydrogen) atoms. The van der Waals surface area contributed by atoms with E-state index in [1.165, 1.54) is 6.07 Å². The summed E-state index contributed by atoms with van der Waals surface area (Å²) in [5.74, 6) is 5.23. The van der Waals surface area contributed by atoms with Gasteiger partial charge in [-0.25, -0.2) is 4.39 Å². The Morgan fingerprint density at radius 1 is 1.27 bits per heavy atom. The van der Waals surface area contributed by atoms with Crippen LogP contribution in [0.4, 0.5) is 10.1 Å². The molecule has 0 radical (unpaired) electrons. The maximum Gasteiger partial charge on any atom is 0.146 e. The third kappa shape index (κ3) is 2.27. The van der Waals surface area contributed by atoms with Gasteiger partial charge in [0.15, 0.2) is 0 Å². The lowest BCUT2D eigenvalue weighted by Gasteiger charge is -2.33. The number of benzene rings is 1. The summed E-state index contributed by atoms with van der Waals surface area (Å²) < 4.78 is 13.5. The molecule has 0 unspecified atom stereocenters. The molecule has 1 saturated heterocycles. The van der Waals surface area contributed by atoms with Crippen LogP contribution < -0.4 is 16.2 Å². The van der Waals surface area contributed by atoms with Crippen molar-refractivity contribution in [2.45, 2.75) is 18.9 Å².